The smallest absolute Gasteiger partial charge is 0.341 e. The third-order valence-electron chi connectivity index (χ3n) is 4.13. The van der Waals surface area contributed by atoms with Crippen LogP contribution in [0.4, 0.5) is 4.39 Å². The molecule has 2 aromatic rings. The van der Waals surface area contributed by atoms with Gasteiger partial charge in [0.15, 0.2) is 6.61 Å². The first-order valence-electron chi connectivity index (χ1n) is 8.18. The molecule has 2 amide bonds. The third-order valence-corrected chi connectivity index (χ3v) is 5.22. The molecule has 1 fully saturated rings. The second-order valence-corrected chi connectivity index (χ2v) is 7.23. The van der Waals surface area contributed by atoms with Crippen molar-refractivity contribution in [1.29, 1.82) is 0 Å². The third kappa shape index (κ3) is 4.64. The Morgan fingerprint density at radius 2 is 1.81 bits per heavy atom. The highest BCUT2D eigenvalue weighted by Gasteiger charge is 2.26. The average Bonchev–Trinajstić information content (AvgIpc) is 3.20. The van der Waals surface area contributed by atoms with E-state index >= 15 is 0 Å². The molecule has 0 unspecified atom stereocenters. The second-order valence-electron chi connectivity index (χ2n) is 5.85. The number of carbonyl (C=O) groups is 3. The number of amides is 2. The molecule has 3 rings (SSSR count). The van der Waals surface area contributed by atoms with E-state index in [0.29, 0.717) is 31.1 Å². The molecular formula is C18H16ClFN2O4S. The van der Waals surface area contributed by atoms with Crippen LogP contribution in [0, 0.1) is 5.82 Å². The summed E-state index contributed by atoms with van der Waals surface area (Å²) in [5.74, 6) is -2.17. The molecule has 0 radical (unpaired) electrons. The van der Waals surface area contributed by atoms with Gasteiger partial charge >= 0.3 is 5.97 Å². The summed E-state index contributed by atoms with van der Waals surface area (Å²) in [6.45, 7) is 1.02. The highest BCUT2D eigenvalue weighted by atomic mass is 35.5. The Balaban J connectivity index is 1.48. The molecular weight excluding hydrogens is 395 g/mol. The predicted molar refractivity (Wildman–Crippen MR) is 98.5 cm³/mol. The van der Waals surface area contributed by atoms with E-state index in [0.717, 1.165) is 6.07 Å². The number of piperazine rings is 1. The Morgan fingerprint density at radius 1 is 1.11 bits per heavy atom. The fraction of sp³-hybridized carbons (Fsp3) is 0.278. The van der Waals surface area contributed by atoms with Gasteiger partial charge in [0.1, 0.15) is 5.82 Å². The second kappa shape index (κ2) is 8.49. The summed E-state index contributed by atoms with van der Waals surface area (Å²) in [4.78, 5) is 40.3. The number of hydrogen-bond donors (Lipinski definition) is 0. The van der Waals surface area contributed by atoms with E-state index in [1.807, 2.05) is 11.4 Å². The zero-order valence-electron chi connectivity index (χ0n) is 14.2. The van der Waals surface area contributed by atoms with Crippen LogP contribution in [0.15, 0.2) is 35.7 Å². The van der Waals surface area contributed by atoms with Crippen molar-refractivity contribution in [3.05, 3.63) is 57.0 Å². The summed E-state index contributed by atoms with van der Waals surface area (Å²) in [6.07, 6.45) is 0. The molecule has 0 atom stereocenters. The van der Waals surface area contributed by atoms with Gasteiger partial charge in [0, 0.05) is 31.2 Å². The first-order valence-corrected chi connectivity index (χ1v) is 9.44. The van der Waals surface area contributed by atoms with Crippen molar-refractivity contribution in [1.82, 2.24) is 9.80 Å². The monoisotopic (exact) mass is 410 g/mol. The molecule has 0 spiro atoms. The van der Waals surface area contributed by atoms with Crippen molar-refractivity contribution in [2.75, 3.05) is 32.8 Å². The fourth-order valence-corrected chi connectivity index (χ4v) is 3.52. The Labute approximate surface area is 164 Å². The van der Waals surface area contributed by atoms with Crippen molar-refractivity contribution >= 4 is 40.7 Å². The van der Waals surface area contributed by atoms with Gasteiger partial charge in [-0.1, -0.05) is 17.7 Å². The molecule has 27 heavy (non-hydrogen) atoms. The lowest BCUT2D eigenvalue weighted by atomic mass is 10.2. The lowest BCUT2D eigenvalue weighted by Crippen LogP contribution is -2.51. The van der Waals surface area contributed by atoms with Gasteiger partial charge < -0.3 is 14.5 Å². The van der Waals surface area contributed by atoms with Gasteiger partial charge in [-0.05, 0) is 29.6 Å². The van der Waals surface area contributed by atoms with Gasteiger partial charge in [-0.2, -0.15) is 0 Å². The minimum Gasteiger partial charge on any atom is -0.452 e. The van der Waals surface area contributed by atoms with E-state index in [1.165, 1.54) is 28.4 Å². The van der Waals surface area contributed by atoms with Crippen LogP contribution in [0.25, 0.3) is 0 Å². The number of rotatable bonds is 4. The lowest BCUT2D eigenvalue weighted by molar-refractivity contribution is -0.136. The average molecular weight is 411 g/mol. The number of benzene rings is 1. The summed E-state index contributed by atoms with van der Waals surface area (Å²) < 4.78 is 18.6. The molecule has 1 aromatic carbocycles. The van der Waals surface area contributed by atoms with Crippen LogP contribution in [0.2, 0.25) is 5.02 Å². The highest BCUT2D eigenvalue weighted by Crippen LogP contribution is 2.16. The molecule has 1 aliphatic heterocycles. The lowest BCUT2D eigenvalue weighted by Gasteiger charge is -2.34. The van der Waals surface area contributed by atoms with Crippen LogP contribution in [-0.4, -0.2) is 60.4 Å². The molecule has 0 N–H and O–H groups in total. The SMILES string of the molecule is O=C(OCC(=O)N1CCN(C(=O)c2cccs2)CC1)c1ccc(Cl)cc1F. The summed E-state index contributed by atoms with van der Waals surface area (Å²) in [5.41, 5.74) is -0.279. The van der Waals surface area contributed by atoms with Crippen LogP contribution in [0.3, 0.4) is 0 Å². The van der Waals surface area contributed by atoms with Crippen molar-refractivity contribution in [2.45, 2.75) is 0 Å². The molecule has 6 nitrogen and oxygen atoms in total. The highest BCUT2D eigenvalue weighted by molar-refractivity contribution is 7.12. The van der Waals surface area contributed by atoms with Crippen LogP contribution < -0.4 is 0 Å². The van der Waals surface area contributed by atoms with Gasteiger partial charge in [-0.3, -0.25) is 9.59 Å². The number of halogens is 2. The molecule has 142 valence electrons. The molecule has 0 bridgehead atoms. The van der Waals surface area contributed by atoms with Crippen molar-refractivity contribution < 1.29 is 23.5 Å². The van der Waals surface area contributed by atoms with Gasteiger partial charge in [0.2, 0.25) is 0 Å². The van der Waals surface area contributed by atoms with Gasteiger partial charge in [0.05, 0.1) is 10.4 Å². The number of ether oxygens (including phenoxy) is 1. The Bertz CT molecular complexity index is 851. The number of carbonyl (C=O) groups excluding carboxylic acids is 3. The molecule has 1 saturated heterocycles. The number of hydrogen-bond acceptors (Lipinski definition) is 5. The van der Waals surface area contributed by atoms with E-state index < -0.39 is 18.4 Å². The first-order chi connectivity index (χ1) is 13.0. The van der Waals surface area contributed by atoms with Crippen molar-refractivity contribution in [3.8, 4) is 0 Å². The molecule has 0 aliphatic carbocycles. The minimum absolute atomic E-state index is 0.0539. The number of esters is 1. The Kier molecular flexibility index (Phi) is 6.08. The largest absolute Gasteiger partial charge is 0.452 e. The van der Waals surface area contributed by atoms with E-state index in [9.17, 15) is 18.8 Å². The summed E-state index contributed by atoms with van der Waals surface area (Å²) in [6, 6.07) is 7.16. The molecule has 0 saturated carbocycles. The number of thiophene rings is 1. The summed E-state index contributed by atoms with van der Waals surface area (Å²) >= 11 is 7.01. The zero-order valence-corrected chi connectivity index (χ0v) is 15.8. The van der Waals surface area contributed by atoms with Crippen LogP contribution in [0.5, 0.6) is 0 Å². The fourth-order valence-electron chi connectivity index (χ4n) is 2.67. The normalized spacial score (nSPS) is 14.1. The summed E-state index contributed by atoms with van der Waals surface area (Å²) in [5, 5.41) is 2.00. The van der Waals surface area contributed by atoms with Gasteiger partial charge in [-0.25, -0.2) is 9.18 Å². The van der Waals surface area contributed by atoms with Crippen LogP contribution >= 0.6 is 22.9 Å². The Morgan fingerprint density at radius 3 is 2.44 bits per heavy atom. The standard InChI is InChI=1S/C18H16ClFN2O4S/c19-12-3-4-13(14(20)10-12)18(25)26-11-16(23)21-5-7-22(8-6-21)17(24)15-2-1-9-27-15/h1-4,9-10H,5-8,11H2. The maximum absolute atomic E-state index is 13.7. The van der Waals surface area contributed by atoms with E-state index in [1.54, 1.807) is 11.0 Å². The quantitative estimate of drug-likeness (QED) is 0.727. The first kappa shape index (κ1) is 19.3. The number of nitrogens with zero attached hydrogens (tertiary/aromatic N) is 2. The van der Waals surface area contributed by atoms with E-state index in [4.69, 9.17) is 16.3 Å². The maximum Gasteiger partial charge on any atom is 0.341 e. The Hall–Kier alpha value is -2.45. The van der Waals surface area contributed by atoms with Gasteiger partial charge in [-0.15, -0.1) is 11.3 Å². The topological polar surface area (TPSA) is 66.9 Å². The maximum atomic E-state index is 13.7. The van der Waals surface area contributed by atoms with Gasteiger partial charge in [0.25, 0.3) is 11.8 Å². The molecule has 9 heteroatoms. The predicted octanol–water partition coefficient (Wildman–Crippen LogP) is 2.68. The van der Waals surface area contributed by atoms with E-state index in [-0.39, 0.29) is 22.4 Å². The van der Waals surface area contributed by atoms with Crippen molar-refractivity contribution in [2.24, 2.45) is 0 Å². The van der Waals surface area contributed by atoms with E-state index in [2.05, 4.69) is 0 Å². The molecule has 1 aromatic heterocycles. The zero-order chi connectivity index (χ0) is 19.4. The minimum atomic E-state index is -0.927. The van der Waals surface area contributed by atoms with Crippen LogP contribution in [-0.2, 0) is 9.53 Å². The van der Waals surface area contributed by atoms with Crippen LogP contribution in [0.1, 0.15) is 20.0 Å². The molecule has 1 aliphatic rings. The molecule has 2 heterocycles. The van der Waals surface area contributed by atoms with Crippen molar-refractivity contribution in [3.63, 3.8) is 0 Å². The summed E-state index contributed by atoms with van der Waals surface area (Å²) in [7, 11) is 0.